The van der Waals surface area contributed by atoms with E-state index in [1.165, 1.54) is 19.1 Å². The molecule has 2 N–H and O–H groups in total. The lowest BCUT2D eigenvalue weighted by atomic mass is 10.1. The average molecular weight is 290 g/mol. The van der Waals surface area contributed by atoms with Crippen molar-refractivity contribution >= 4 is 9.84 Å². The van der Waals surface area contributed by atoms with Crippen LogP contribution in [0.1, 0.15) is 18.6 Å². The molecule has 5 nitrogen and oxygen atoms in total. The number of sulfone groups is 1. The van der Waals surface area contributed by atoms with Crippen LogP contribution in [0.15, 0.2) is 18.2 Å². The Kier molecular flexibility index (Phi) is 3.80. The maximum absolute atomic E-state index is 13.6. The normalized spacial score (nSPS) is 27.2. The van der Waals surface area contributed by atoms with Crippen LogP contribution in [0.25, 0.3) is 0 Å². The van der Waals surface area contributed by atoms with Gasteiger partial charge in [-0.1, -0.05) is 0 Å². The molecule has 0 spiro atoms. The predicted molar refractivity (Wildman–Crippen MR) is 66.1 cm³/mol. The summed E-state index contributed by atoms with van der Waals surface area (Å²) in [5.74, 6) is -1.13. The highest BCUT2D eigenvalue weighted by molar-refractivity contribution is 7.91. The number of aliphatic hydroxyl groups is 2. The van der Waals surface area contributed by atoms with Crippen LogP contribution in [-0.4, -0.2) is 42.3 Å². The van der Waals surface area contributed by atoms with Crippen LogP contribution >= 0.6 is 0 Å². The van der Waals surface area contributed by atoms with E-state index in [1.807, 2.05) is 0 Å². The molecule has 19 heavy (non-hydrogen) atoms. The summed E-state index contributed by atoms with van der Waals surface area (Å²) in [5, 5.41) is 18.9. The van der Waals surface area contributed by atoms with Gasteiger partial charge in [0, 0.05) is 11.6 Å². The van der Waals surface area contributed by atoms with E-state index >= 15 is 0 Å². The fourth-order valence-electron chi connectivity index (χ4n) is 2.00. The zero-order valence-corrected chi connectivity index (χ0v) is 11.1. The minimum atomic E-state index is -3.31. The van der Waals surface area contributed by atoms with E-state index in [-0.39, 0.29) is 22.8 Å². The number of hydrogen-bond donors (Lipinski definition) is 2. The van der Waals surface area contributed by atoms with E-state index in [0.717, 1.165) is 6.07 Å². The molecule has 0 saturated carbocycles. The lowest BCUT2D eigenvalue weighted by Crippen LogP contribution is -2.29. The maximum atomic E-state index is 13.6. The molecule has 0 bridgehead atoms. The summed E-state index contributed by atoms with van der Waals surface area (Å²) in [4.78, 5) is 0. The van der Waals surface area contributed by atoms with E-state index < -0.39 is 34.0 Å². The van der Waals surface area contributed by atoms with E-state index in [2.05, 4.69) is 0 Å². The van der Waals surface area contributed by atoms with Crippen LogP contribution in [0, 0.1) is 5.82 Å². The van der Waals surface area contributed by atoms with Crippen molar-refractivity contribution in [2.75, 3.05) is 11.5 Å². The molecule has 1 heterocycles. The van der Waals surface area contributed by atoms with Crippen LogP contribution in [-0.2, 0) is 9.84 Å². The van der Waals surface area contributed by atoms with Crippen molar-refractivity contribution in [1.29, 1.82) is 0 Å². The molecule has 1 aliphatic rings. The van der Waals surface area contributed by atoms with E-state index in [0.29, 0.717) is 0 Å². The van der Waals surface area contributed by atoms with Gasteiger partial charge in [0.25, 0.3) is 0 Å². The lowest BCUT2D eigenvalue weighted by Gasteiger charge is -2.16. The van der Waals surface area contributed by atoms with Crippen molar-refractivity contribution < 1.29 is 27.8 Å². The molecule has 0 radical (unpaired) electrons. The number of hydrogen-bond acceptors (Lipinski definition) is 5. The molecule has 0 aliphatic carbocycles. The molecule has 1 saturated heterocycles. The molecule has 1 aliphatic heterocycles. The zero-order chi connectivity index (χ0) is 14.2. The molecular formula is C12H15FO5S. The van der Waals surface area contributed by atoms with Crippen molar-refractivity contribution in [3.05, 3.63) is 29.6 Å². The topological polar surface area (TPSA) is 83.8 Å². The average Bonchev–Trinajstić information content (AvgIpc) is 2.51. The minimum absolute atomic E-state index is 0.128. The molecule has 1 fully saturated rings. The van der Waals surface area contributed by atoms with Crippen molar-refractivity contribution in [2.45, 2.75) is 25.2 Å². The Morgan fingerprint density at radius 1 is 1.42 bits per heavy atom. The first-order valence-corrected chi connectivity index (χ1v) is 7.63. The first-order valence-electron chi connectivity index (χ1n) is 5.81. The summed E-state index contributed by atoms with van der Waals surface area (Å²) in [6.45, 7) is 1.44. The Bertz CT molecular complexity index is 569. The van der Waals surface area contributed by atoms with Gasteiger partial charge in [-0.05, 0) is 19.1 Å². The third-order valence-corrected chi connectivity index (χ3v) is 4.67. The third kappa shape index (κ3) is 3.23. The van der Waals surface area contributed by atoms with E-state index in [1.54, 1.807) is 0 Å². The Morgan fingerprint density at radius 3 is 2.58 bits per heavy atom. The number of rotatable bonds is 3. The first-order chi connectivity index (χ1) is 8.78. The largest absolute Gasteiger partial charge is 0.487 e. The molecule has 0 amide bonds. The molecule has 0 aromatic heterocycles. The van der Waals surface area contributed by atoms with Gasteiger partial charge in [0.2, 0.25) is 0 Å². The number of ether oxygens (including phenoxy) is 1. The van der Waals surface area contributed by atoms with Crippen molar-refractivity contribution in [3.8, 4) is 5.75 Å². The molecule has 1 aromatic carbocycles. The Hall–Kier alpha value is -1.18. The van der Waals surface area contributed by atoms with Gasteiger partial charge in [-0.3, -0.25) is 0 Å². The second-order valence-electron chi connectivity index (χ2n) is 4.66. The van der Waals surface area contributed by atoms with E-state index in [9.17, 15) is 23.0 Å². The standard InChI is InChI=1S/C12H15FO5S/c1-7(14)9-3-2-8(4-10(9)13)18-12-6-19(16,17)5-11(12)15/h2-4,7,11-12,14-15H,5-6H2,1H3. The van der Waals surface area contributed by atoms with Gasteiger partial charge in [0.15, 0.2) is 9.84 Å². The number of aliphatic hydroxyl groups excluding tert-OH is 2. The number of halogens is 1. The summed E-state index contributed by atoms with van der Waals surface area (Å²) in [6, 6.07) is 3.87. The third-order valence-electron chi connectivity index (χ3n) is 2.98. The van der Waals surface area contributed by atoms with Gasteiger partial charge in [0.05, 0.1) is 17.6 Å². The van der Waals surface area contributed by atoms with Gasteiger partial charge in [-0.2, -0.15) is 0 Å². The molecule has 3 atom stereocenters. The molecule has 1 aromatic rings. The fraction of sp³-hybridized carbons (Fsp3) is 0.500. The lowest BCUT2D eigenvalue weighted by molar-refractivity contribution is 0.0734. The summed E-state index contributed by atoms with van der Waals surface area (Å²) >= 11 is 0. The van der Waals surface area contributed by atoms with Gasteiger partial charge in [-0.25, -0.2) is 12.8 Å². The van der Waals surface area contributed by atoms with Gasteiger partial charge < -0.3 is 14.9 Å². The second kappa shape index (κ2) is 5.07. The Labute approximate surface area is 110 Å². The molecule has 106 valence electrons. The Balaban J connectivity index is 2.14. The van der Waals surface area contributed by atoms with Gasteiger partial charge >= 0.3 is 0 Å². The Morgan fingerprint density at radius 2 is 2.11 bits per heavy atom. The van der Waals surface area contributed by atoms with Crippen molar-refractivity contribution in [1.82, 2.24) is 0 Å². The maximum Gasteiger partial charge on any atom is 0.156 e. The van der Waals surface area contributed by atoms with Crippen LogP contribution in [0.2, 0.25) is 0 Å². The molecular weight excluding hydrogens is 275 g/mol. The van der Waals surface area contributed by atoms with Crippen molar-refractivity contribution in [2.24, 2.45) is 0 Å². The van der Waals surface area contributed by atoms with E-state index in [4.69, 9.17) is 4.74 Å². The summed E-state index contributed by atoms with van der Waals surface area (Å²) < 4.78 is 41.5. The van der Waals surface area contributed by atoms with Crippen LogP contribution in [0.5, 0.6) is 5.75 Å². The van der Waals surface area contributed by atoms with Crippen molar-refractivity contribution in [3.63, 3.8) is 0 Å². The minimum Gasteiger partial charge on any atom is -0.487 e. The quantitative estimate of drug-likeness (QED) is 0.842. The smallest absolute Gasteiger partial charge is 0.156 e. The first kappa shape index (κ1) is 14.2. The highest BCUT2D eigenvalue weighted by atomic mass is 32.2. The monoisotopic (exact) mass is 290 g/mol. The second-order valence-corrected chi connectivity index (χ2v) is 6.81. The van der Waals surface area contributed by atoms with Gasteiger partial charge in [-0.15, -0.1) is 0 Å². The van der Waals surface area contributed by atoms with Crippen LogP contribution < -0.4 is 4.74 Å². The molecule has 3 unspecified atom stereocenters. The fourth-order valence-corrected chi connectivity index (χ4v) is 3.67. The van der Waals surface area contributed by atoms with Crippen LogP contribution in [0.4, 0.5) is 4.39 Å². The van der Waals surface area contributed by atoms with Gasteiger partial charge in [0.1, 0.15) is 23.8 Å². The highest BCUT2D eigenvalue weighted by Crippen LogP contribution is 2.25. The predicted octanol–water partition coefficient (Wildman–Crippen LogP) is 0.416. The summed E-state index contributed by atoms with van der Waals surface area (Å²) in [6.07, 6.45) is -2.93. The zero-order valence-electron chi connectivity index (χ0n) is 10.3. The summed E-state index contributed by atoms with van der Waals surface area (Å²) in [7, 11) is -3.31. The SMILES string of the molecule is CC(O)c1ccc(OC2CS(=O)(=O)CC2O)cc1F. The number of benzene rings is 1. The summed E-state index contributed by atoms with van der Waals surface area (Å²) in [5.41, 5.74) is 0.131. The highest BCUT2D eigenvalue weighted by Gasteiger charge is 2.38. The van der Waals surface area contributed by atoms with Crippen LogP contribution in [0.3, 0.4) is 0 Å². The molecule has 2 rings (SSSR count). The molecule has 7 heteroatoms.